The molecule has 1 aromatic rings. The summed E-state index contributed by atoms with van der Waals surface area (Å²) in [6.07, 6.45) is 3.68. The molecular weight excluding hydrogens is 180 g/mol. The van der Waals surface area contributed by atoms with Gasteiger partial charge in [0.15, 0.2) is 0 Å². The highest BCUT2D eigenvalue weighted by Gasteiger charge is 2.24. The summed E-state index contributed by atoms with van der Waals surface area (Å²) in [4.78, 5) is 4.44. The topological polar surface area (TPSA) is 25.8 Å². The van der Waals surface area contributed by atoms with Crippen molar-refractivity contribution in [3.05, 3.63) is 10.8 Å². The molecule has 3 heteroatoms. The van der Waals surface area contributed by atoms with E-state index in [1.807, 2.05) is 6.92 Å². The highest BCUT2D eigenvalue weighted by molar-refractivity contribution is 7.05. The molecule has 0 aliphatic carbocycles. The van der Waals surface area contributed by atoms with Crippen molar-refractivity contribution in [2.75, 3.05) is 0 Å². The van der Waals surface area contributed by atoms with Crippen molar-refractivity contribution in [1.82, 2.24) is 9.36 Å². The van der Waals surface area contributed by atoms with E-state index in [0.717, 1.165) is 10.8 Å². The molecule has 0 saturated carbocycles. The Hall–Kier alpha value is -0.440. The fourth-order valence-electron chi connectivity index (χ4n) is 1.30. The van der Waals surface area contributed by atoms with Gasteiger partial charge in [-0.05, 0) is 24.9 Å². The second-order valence-electron chi connectivity index (χ2n) is 4.12. The molecule has 0 spiro atoms. The van der Waals surface area contributed by atoms with Gasteiger partial charge >= 0.3 is 0 Å². The molecule has 0 saturated heterocycles. The maximum Gasteiger partial charge on any atom is 0.148 e. The normalized spacial score (nSPS) is 12.0. The van der Waals surface area contributed by atoms with E-state index in [4.69, 9.17) is 0 Å². The molecule has 0 aromatic carbocycles. The van der Waals surface area contributed by atoms with Gasteiger partial charge in [0, 0.05) is 5.41 Å². The lowest BCUT2D eigenvalue weighted by molar-refractivity contribution is 0.436. The highest BCUT2D eigenvalue weighted by atomic mass is 32.1. The lowest BCUT2D eigenvalue weighted by Gasteiger charge is -2.20. The third-order valence-corrected chi connectivity index (χ3v) is 2.91. The van der Waals surface area contributed by atoms with E-state index >= 15 is 0 Å². The van der Waals surface area contributed by atoms with Gasteiger partial charge in [0.1, 0.15) is 10.8 Å². The highest BCUT2D eigenvalue weighted by Crippen LogP contribution is 2.27. The van der Waals surface area contributed by atoms with Crippen molar-refractivity contribution in [2.24, 2.45) is 0 Å². The molecule has 0 N–H and O–H groups in total. The van der Waals surface area contributed by atoms with E-state index in [1.165, 1.54) is 30.8 Å². The summed E-state index contributed by atoms with van der Waals surface area (Å²) in [5.41, 5.74) is 0.154. The first kappa shape index (κ1) is 10.6. The van der Waals surface area contributed by atoms with E-state index in [1.54, 1.807) is 0 Å². The number of hydrogen-bond donors (Lipinski definition) is 0. The summed E-state index contributed by atoms with van der Waals surface area (Å²) in [6, 6.07) is 0. The predicted molar refractivity (Wildman–Crippen MR) is 57.2 cm³/mol. The van der Waals surface area contributed by atoms with Gasteiger partial charge in [-0.1, -0.05) is 33.6 Å². The standard InChI is InChI=1S/C10H18N2S/c1-5-6-7-10(3,4)9-11-8(2)13-12-9/h5-7H2,1-4H3. The zero-order valence-corrected chi connectivity index (χ0v) is 9.74. The Morgan fingerprint density at radius 1 is 1.38 bits per heavy atom. The van der Waals surface area contributed by atoms with E-state index < -0.39 is 0 Å². The van der Waals surface area contributed by atoms with Crippen LogP contribution in [-0.4, -0.2) is 9.36 Å². The van der Waals surface area contributed by atoms with Crippen molar-refractivity contribution in [3.8, 4) is 0 Å². The van der Waals surface area contributed by atoms with Crippen molar-refractivity contribution in [1.29, 1.82) is 0 Å². The van der Waals surface area contributed by atoms with Gasteiger partial charge in [-0.3, -0.25) is 0 Å². The Balaban J connectivity index is 2.68. The molecule has 13 heavy (non-hydrogen) atoms. The van der Waals surface area contributed by atoms with Crippen LogP contribution in [0.1, 0.15) is 50.9 Å². The van der Waals surface area contributed by atoms with Crippen LogP contribution >= 0.6 is 11.5 Å². The van der Waals surface area contributed by atoms with Crippen molar-refractivity contribution in [2.45, 2.75) is 52.4 Å². The van der Waals surface area contributed by atoms with Gasteiger partial charge in [-0.25, -0.2) is 4.98 Å². The fourth-order valence-corrected chi connectivity index (χ4v) is 1.94. The predicted octanol–water partition coefficient (Wildman–Crippen LogP) is 3.31. The molecule has 1 rings (SSSR count). The Labute approximate surface area is 84.6 Å². The van der Waals surface area contributed by atoms with Gasteiger partial charge in [0.05, 0.1) is 0 Å². The second kappa shape index (κ2) is 4.18. The molecule has 74 valence electrons. The second-order valence-corrected chi connectivity index (χ2v) is 5.08. The van der Waals surface area contributed by atoms with Crippen LogP contribution in [0.4, 0.5) is 0 Å². The molecule has 2 nitrogen and oxygen atoms in total. The van der Waals surface area contributed by atoms with Gasteiger partial charge in [0.25, 0.3) is 0 Å². The largest absolute Gasteiger partial charge is 0.224 e. The molecule has 0 aliphatic rings. The van der Waals surface area contributed by atoms with Crippen LogP contribution < -0.4 is 0 Å². The minimum Gasteiger partial charge on any atom is -0.224 e. The van der Waals surface area contributed by atoms with Gasteiger partial charge in [-0.15, -0.1) is 0 Å². The van der Waals surface area contributed by atoms with Crippen LogP contribution in [0.2, 0.25) is 0 Å². The van der Waals surface area contributed by atoms with E-state index in [-0.39, 0.29) is 5.41 Å². The zero-order valence-electron chi connectivity index (χ0n) is 8.92. The molecule has 0 fully saturated rings. The third kappa shape index (κ3) is 2.76. The number of aromatic nitrogens is 2. The van der Waals surface area contributed by atoms with E-state index in [2.05, 4.69) is 30.1 Å². The first-order valence-corrected chi connectivity index (χ1v) is 5.64. The molecule has 0 unspecified atom stereocenters. The van der Waals surface area contributed by atoms with Crippen LogP contribution in [0.25, 0.3) is 0 Å². The minimum atomic E-state index is 0.154. The summed E-state index contributed by atoms with van der Waals surface area (Å²) in [7, 11) is 0. The Morgan fingerprint density at radius 3 is 2.54 bits per heavy atom. The van der Waals surface area contributed by atoms with Crippen LogP contribution in [-0.2, 0) is 5.41 Å². The Kier molecular flexibility index (Phi) is 3.42. The third-order valence-electron chi connectivity index (χ3n) is 2.29. The van der Waals surface area contributed by atoms with E-state index in [0.29, 0.717) is 0 Å². The first-order valence-electron chi connectivity index (χ1n) is 4.87. The zero-order chi connectivity index (χ0) is 9.90. The molecule has 0 aliphatic heterocycles. The summed E-state index contributed by atoms with van der Waals surface area (Å²) >= 11 is 1.50. The number of rotatable bonds is 4. The number of hydrogen-bond acceptors (Lipinski definition) is 3. The molecular formula is C10H18N2S. The number of nitrogens with zero attached hydrogens (tertiary/aromatic N) is 2. The summed E-state index contributed by atoms with van der Waals surface area (Å²) < 4.78 is 4.37. The lowest BCUT2D eigenvalue weighted by Crippen LogP contribution is -2.18. The van der Waals surface area contributed by atoms with Gasteiger partial charge in [-0.2, -0.15) is 4.37 Å². The molecule has 1 aromatic heterocycles. The molecule has 0 atom stereocenters. The fraction of sp³-hybridized carbons (Fsp3) is 0.800. The average Bonchev–Trinajstić information content (AvgIpc) is 2.49. The Bertz CT molecular complexity index is 266. The first-order chi connectivity index (χ1) is 6.06. The maximum absolute atomic E-state index is 4.44. The van der Waals surface area contributed by atoms with Gasteiger partial charge < -0.3 is 0 Å². The van der Waals surface area contributed by atoms with Crippen molar-refractivity contribution < 1.29 is 0 Å². The monoisotopic (exact) mass is 198 g/mol. The van der Waals surface area contributed by atoms with Crippen LogP contribution in [0.15, 0.2) is 0 Å². The van der Waals surface area contributed by atoms with Crippen molar-refractivity contribution >= 4 is 11.5 Å². The number of aryl methyl sites for hydroxylation is 1. The van der Waals surface area contributed by atoms with Gasteiger partial charge in [0.2, 0.25) is 0 Å². The summed E-state index contributed by atoms with van der Waals surface area (Å²) in [5.74, 6) is 1.02. The van der Waals surface area contributed by atoms with Crippen LogP contribution in [0.3, 0.4) is 0 Å². The Morgan fingerprint density at radius 2 is 2.08 bits per heavy atom. The maximum atomic E-state index is 4.44. The smallest absolute Gasteiger partial charge is 0.148 e. The molecule has 1 heterocycles. The molecule has 0 amide bonds. The summed E-state index contributed by atoms with van der Waals surface area (Å²) in [5, 5.41) is 1.07. The lowest BCUT2D eigenvalue weighted by atomic mass is 9.86. The molecule has 0 radical (unpaired) electrons. The van der Waals surface area contributed by atoms with E-state index in [9.17, 15) is 0 Å². The van der Waals surface area contributed by atoms with Crippen LogP contribution in [0.5, 0.6) is 0 Å². The van der Waals surface area contributed by atoms with Crippen molar-refractivity contribution in [3.63, 3.8) is 0 Å². The van der Waals surface area contributed by atoms with Crippen LogP contribution in [0, 0.1) is 6.92 Å². The quantitative estimate of drug-likeness (QED) is 0.741. The SMILES string of the molecule is CCCCC(C)(C)c1nsc(C)n1. The summed E-state index contributed by atoms with van der Waals surface area (Å²) in [6.45, 7) is 8.68. The molecule has 0 bridgehead atoms. The minimum absolute atomic E-state index is 0.154. The average molecular weight is 198 g/mol. The number of unbranched alkanes of at least 4 members (excludes halogenated alkanes) is 1.